The van der Waals surface area contributed by atoms with Gasteiger partial charge >= 0.3 is 0 Å². The standard InChI is InChI=1S/C21H30N2O11S/c1-21(14(27)9-25)10-35-19(23-21)15-12(26)6-11(7-22-15)32-4-2-31-3-5-33-20-18(30)17(29)16(28)13(8-24)34-20/h6-7,13,16-18,20,24-26,28-30H,2-5,8-10H2,1H3/t13?,16-,17?,18?,20-,21-/m1/s1. The highest BCUT2D eigenvalue weighted by Gasteiger charge is 2.44. The minimum Gasteiger partial charge on any atom is -0.505 e. The van der Waals surface area contributed by atoms with Crippen molar-refractivity contribution in [1.82, 2.24) is 4.98 Å². The number of thioether (sulfide) groups is 1. The SMILES string of the molecule is C[C@]1(C(=O)CO)CSC(c2ncc(OCCOCCO[C@@H]3OC(CO)[C@@H](O)C(O)C3O)cc2O)=N1. The summed E-state index contributed by atoms with van der Waals surface area (Å²) in [6.07, 6.45) is -5.30. The number of aliphatic hydroxyl groups excluding tert-OH is 5. The average molecular weight is 519 g/mol. The van der Waals surface area contributed by atoms with Crippen LogP contribution in [0.3, 0.4) is 0 Å². The molecule has 0 bridgehead atoms. The highest BCUT2D eigenvalue weighted by atomic mass is 32.2. The van der Waals surface area contributed by atoms with Crippen molar-refractivity contribution in [3.05, 3.63) is 18.0 Å². The van der Waals surface area contributed by atoms with E-state index >= 15 is 0 Å². The fourth-order valence-electron chi connectivity index (χ4n) is 3.36. The Morgan fingerprint density at radius 1 is 1.17 bits per heavy atom. The van der Waals surface area contributed by atoms with Crippen molar-refractivity contribution in [2.24, 2.45) is 4.99 Å². The van der Waals surface area contributed by atoms with Gasteiger partial charge in [-0.25, -0.2) is 4.98 Å². The van der Waals surface area contributed by atoms with E-state index in [0.717, 1.165) is 0 Å². The summed E-state index contributed by atoms with van der Waals surface area (Å²) in [5.74, 6) is 0.0740. The van der Waals surface area contributed by atoms with Gasteiger partial charge in [-0.05, 0) is 6.92 Å². The van der Waals surface area contributed by atoms with E-state index in [0.29, 0.717) is 16.5 Å². The fourth-order valence-corrected chi connectivity index (χ4v) is 4.56. The van der Waals surface area contributed by atoms with Crippen LogP contribution in [0.5, 0.6) is 11.5 Å². The number of carbonyl (C=O) groups excluding carboxylic acids is 1. The van der Waals surface area contributed by atoms with Crippen LogP contribution in [0.25, 0.3) is 0 Å². The van der Waals surface area contributed by atoms with Gasteiger partial charge in [0.15, 0.2) is 12.1 Å². The van der Waals surface area contributed by atoms with Gasteiger partial charge in [0.2, 0.25) is 0 Å². The Balaban J connectivity index is 1.38. The summed E-state index contributed by atoms with van der Waals surface area (Å²) in [5.41, 5.74) is -0.833. The van der Waals surface area contributed by atoms with Crippen LogP contribution in [-0.4, -0.2) is 128 Å². The largest absolute Gasteiger partial charge is 0.505 e. The molecule has 6 N–H and O–H groups in total. The number of rotatable bonds is 12. The van der Waals surface area contributed by atoms with Gasteiger partial charge in [-0.15, -0.1) is 11.8 Å². The first-order chi connectivity index (χ1) is 16.7. The molecule has 0 aromatic carbocycles. The van der Waals surface area contributed by atoms with Crippen molar-refractivity contribution in [2.45, 2.75) is 43.2 Å². The van der Waals surface area contributed by atoms with Crippen LogP contribution in [0.1, 0.15) is 12.6 Å². The first-order valence-electron chi connectivity index (χ1n) is 10.9. The molecule has 1 saturated heterocycles. The summed E-state index contributed by atoms with van der Waals surface area (Å²) >= 11 is 1.27. The summed E-state index contributed by atoms with van der Waals surface area (Å²) in [4.78, 5) is 20.4. The van der Waals surface area contributed by atoms with Crippen molar-refractivity contribution in [3.8, 4) is 11.5 Å². The number of ketones is 1. The maximum absolute atomic E-state index is 11.9. The quantitative estimate of drug-likeness (QED) is 0.163. The van der Waals surface area contributed by atoms with Crippen molar-refractivity contribution in [3.63, 3.8) is 0 Å². The second kappa shape index (κ2) is 12.4. The predicted octanol–water partition coefficient (Wildman–Crippen LogP) is -2.19. The van der Waals surface area contributed by atoms with Gasteiger partial charge in [0.1, 0.15) is 65.4 Å². The molecule has 1 aromatic heterocycles. The van der Waals surface area contributed by atoms with Gasteiger partial charge < -0.3 is 49.6 Å². The molecule has 0 aliphatic carbocycles. The Kier molecular flexibility index (Phi) is 9.80. The maximum Gasteiger partial charge on any atom is 0.186 e. The molecule has 13 nitrogen and oxygen atoms in total. The molecule has 3 rings (SSSR count). The zero-order chi connectivity index (χ0) is 25.6. The van der Waals surface area contributed by atoms with E-state index in [1.807, 2.05) is 0 Å². The van der Waals surface area contributed by atoms with Gasteiger partial charge in [0, 0.05) is 11.8 Å². The third kappa shape index (κ3) is 6.67. The molecule has 196 valence electrons. The topological polar surface area (TPSA) is 201 Å². The third-order valence-corrected chi connectivity index (χ3v) is 6.75. The molecule has 0 amide bonds. The minimum atomic E-state index is -1.51. The van der Waals surface area contributed by atoms with Gasteiger partial charge in [0.25, 0.3) is 0 Å². The minimum absolute atomic E-state index is 0.0111. The van der Waals surface area contributed by atoms with Crippen molar-refractivity contribution < 1.29 is 54.4 Å². The number of aromatic nitrogens is 1. The molecule has 14 heteroatoms. The number of aliphatic imine (C=N–C) groups is 1. The van der Waals surface area contributed by atoms with E-state index in [2.05, 4.69) is 9.98 Å². The van der Waals surface area contributed by atoms with E-state index in [1.54, 1.807) is 6.92 Å². The first-order valence-corrected chi connectivity index (χ1v) is 11.9. The number of aromatic hydroxyl groups is 1. The number of hydrogen-bond donors (Lipinski definition) is 6. The summed E-state index contributed by atoms with van der Waals surface area (Å²) in [6, 6.07) is 1.37. The van der Waals surface area contributed by atoms with Crippen LogP contribution in [-0.2, 0) is 19.0 Å². The molecule has 6 atom stereocenters. The summed E-state index contributed by atoms with van der Waals surface area (Å²) in [6.45, 7) is 0.904. The highest BCUT2D eigenvalue weighted by molar-refractivity contribution is 8.14. The Morgan fingerprint density at radius 2 is 1.91 bits per heavy atom. The lowest BCUT2D eigenvalue weighted by Gasteiger charge is -2.39. The Labute approximate surface area is 205 Å². The second-order valence-electron chi connectivity index (χ2n) is 8.13. The molecule has 1 aromatic rings. The van der Waals surface area contributed by atoms with E-state index in [4.69, 9.17) is 29.2 Å². The number of carbonyl (C=O) groups is 1. The maximum atomic E-state index is 11.9. The van der Waals surface area contributed by atoms with Crippen molar-refractivity contribution >= 4 is 22.6 Å². The molecule has 0 spiro atoms. The molecular weight excluding hydrogens is 488 g/mol. The smallest absolute Gasteiger partial charge is 0.186 e. The van der Waals surface area contributed by atoms with E-state index in [-0.39, 0.29) is 37.9 Å². The molecule has 0 radical (unpaired) electrons. The fraction of sp³-hybridized carbons (Fsp3) is 0.667. The third-order valence-electron chi connectivity index (χ3n) is 5.48. The van der Waals surface area contributed by atoms with Gasteiger partial charge in [-0.2, -0.15) is 0 Å². The van der Waals surface area contributed by atoms with Crippen molar-refractivity contribution in [2.75, 3.05) is 45.4 Å². The average Bonchev–Trinajstić information content (AvgIpc) is 3.25. The lowest BCUT2D eigenvalue weighted by molar-refractivity contribution is -0.302. The number of nitrogens with zero attached hydrogens (tertiary/aromatic N) is 2. The Hall–Kier alpha value is -1.88. The lowest BCUT2D eigenvalue weighted by atomic mass is 9.99. The Bertz CT molecular complexity index is 902. The molecule has 3 unspecified atom stereocenters. The molecule has 35 heavy (non-hydrogen) atoms. The van der Waals surface area contributed by atoms with Crippen LogP contribution in [0.15, 0.2) is 17.3 Å². The predicted molar refractivity (Wildman–Crippen MR) is 121 cm³/mol. The molecule has 3 heterocycles. The molecule has 0 saturated carbocycles. The summed E-state index contributed by atoms with van der Waals surface area (Å²) in [5, 5.41) is 58.3. The van der Waals surface area contributed by atoms with Crippen LogP contribution >= 0.6 is 11.8 Å². The number of ether oxygens (including phenoxy) is 4. The van der Waals surface area contributed by atoms with Gasteiger partial charge in [-0.1, -0.05) is 0 Å². The normalized spacial score (nSPS) is 30.8. The molecule has 2 aliphatic rings. The van der Waals surface area contributed by atoms with Crippen molar-refractivity contribution in [1.29, 1.82) is 0 Å². The zero-order valence-corrected chi connectivity index (χ0v) is 19.8. The summed E-state index contributed by atoms with van der Waals surface area (Å²) < 4.78 is 21.4. The van der Waals surface area contributed by atoms with Gasteiger partial charge in [0.05, 0.1) is 32.6 Å². The molecule has 1 fully saturated rings. The summed E-state index contributed by atoms with van der Waals surface area (Å²) in [7, 11) is 0. The van der Waals surface area contributed by atoms with E-state index in [1.165, 1.54) is 24.0 Å². The molecular formula is C21H30N2O11S. The monoisotopic (exact) mass is 518 g/mol. The number of aliphatic hydroxyl groups is 5. The van der Waals surface area contributed by atoms with Crippen LogP contribution in [0.2, 0.25) is 0 Å². The van der Waals surface area contributed by atoms with Crippen LogP contribution in [0, 0.1) is 0 Å². The van der Waals surface area contributed by atoms with Gasteiger partial charge in [-0.3, -0.25) is 9.79 Å². The number of hydrogen-bond acceptors (Lipinski definition) is 14. The number of Topliss-reactive ketones (excluding diaryl/α,β-unsaturated/α-hetero) is 1. The lowest BCUT2D eigenvalue weighted by Crippen LogP contribution is -2.59. The number of pyridine rings is 1. The Morgan fingerprint density at radius 3 is 2.60 bits per heavy atom. The first kappa shape index (κ1) is 27.7. The van der Waals surface area contributed by atoms with Crippen LogP contribution in [0.4, 0.5) is 0 Å². The van der Waals surface area contributed by atoms with E-state index in [9.17, 15) is 25.2 Å². The highest BCUT2D eigenvalue weighted by Crippen LogP contribution is 2.34. The zero-order valence-electron chi connectivity index (χ0n) is 19.0. The van der Waals surface area contributed by atoms with E-state index < -0.39 is 55.2 Å². The van der Waals surface area contributed by atoms with Crippen LogP contribution < -0.4 is 4.74 Å². The second-order valence-corrected chi connectivity index (χ2v) is 9.09. The molecule has 2 aliphatic heterocycles.